The van der Waals surface area contributed by atoms with Crippen molar-refractivity contribution in [3.05, 3.63) is 35.9 Å². The highest BCUT2D eigenvalue weighted by molar-refractivity contribution is 5.66. The smallest absolute Gasteiger partial charge is 0.302 e. The number of carbonyl (C=O) groups is 1. The van der Waals surface area contributed by atoms with Gasteiger partial charge in [-0.2, -0.15) is 0 Å². The van der Waals surface area contributed by atoms with Gasteiger partial charge in [0.05, 0.1) is 0 Å². The summed E-state index contributed by atoms with van der Waals surface area (Å²) < 4.78 is 5.09. The van der Waals surface area contributed by atoms with Crippen molar-refractivity contribution in [3.63, 3.8) is 0 Å². The molecule has 0 spiro atoms. The summed E-state index contributed by atoms with van der Waals surface area (Å²) in [5.41, 5.74) is 1.27. The predicted octanol–water partition coefficient (Wildman–Crippen LogP) is 2.11. The second kappa shape index (κ2) is 3.21. The molecule has 0 bridgehead atoms. The fourth-order valence-corrected chi connectivity index (χ4v) is 1.57. The number of ether oxygens (including phenoxy) is 1. The highest BCUT2D eigenvalue weighted by atomic mass is 16.5. The van der Waals surface area contributed by atoms with Crippen molar-refractivity contribution in [2.24, 2.45) is 0 Å². The molecule has 1 saturated carbocycles. The van der Waals surface area contributed by atoms with Gasteiger partial charge in [-0.25, -0.2) is 0 Å². The monoisotopic (exact) mass is 176 g/mol. The first-order valence-corrected chi connectivity index (χ1v) is 4.49. The fourth-order valence-electron chi connectivity index (χ4n) is 1.57. The Hall–Kier alpha value is -1.31. The number of benzene rings is 1. The lowest BCUT2D eigenvalue weighted by Crippen LogP contribution is -2.02. The summed E-state index contributed by atoms with van der Waals surface area (Å²) in [6, 6.07) is 10.2. The van der Waals surface area contributed by atoms with Crippen molar-refractivity contribution < 1.29 is 9.53 Å². The van der Waals surface area contributed by atoms with Crippen LogP contribution in [0.1, 0.15) is 24.8 Å². The molecule has 1 aliphatic carbocycles. The Morgan fingerprint density at radius 1 is 1.38 bits per heavy atom. The molecule has 13 heavy (non-hydrogen) atoms. The van der Waals surface area contributed by atoms with E-state index >= 15 is 0 Å². The Labute approximate surface area is 77.5 Å². The highest BCUT2D eigenvalue weighted by Crippen LogP contribution is 2.43. The maximum Gasteiger partial charge on any atom is 0.302 e. The summed E-state index contributed by atoms with van der Waals surface area (Å²) in [5.74, 6) is 0.258. The molecule has 0 aliphatic heterocycles. The minimum atomic E-state index is -0.177. The van der Waals surface area contributed by atoms with E-state index in [0.29, 0.717) is 5.92 Å². The predicted molar refractivity (Wildman–Crippen MR) is 49.4 cm³/mol. The minimum Gasteiger partial charge on any atom is -0.462 e. The van der Waals surface area contributed by atoms with Crippen LogP contribution in [0.3, 0.4) is 0 Å². The molecule has 1 fully saturated rings. The molecule has 1 aromatic rings. The van der Waals surface area contributed by atoms with Gasteiger partial charge in [0, 0.05) is 12.8 Å². The molecule has 1 aliphatic rings. The molecule has 1 aromatic carbocycles. The number of hydrogen-bond acceptors (Lipinski definition) is 2. The van der Waals surface area contributed by atoms with E-state index in [9.17, 15) is 4.79 Å². The maximum atomic E-state index is 10.6. The molecular formula is C11H12O2. The van der Waals surface area contributed by atoms with Crippen LogP contribution in [0.25, 0.3) is 0 Å². The lowest BCUT2D eigenvalue weighted by Gasteiger charge is -2.00. The van der Waals surface area contributed by atoms with Crippen molar-refractivity contribution in [3.8, 4) is 0 Å². The molecule has 0 radical (unpaired) electrons. The SMILES string of the molecule is CC(=O)OC1CC1c1ccccc1. The van der Waals surface area contributed by atoms with Crippen molar-refractivity contribution in [2.75, 3.05) is 0 Å². The topological polar surface area (TPSA) is 26.3 Å². The zero-order valence-corrected chi connectivity index (χ0v) is 7.57. The first-order valence-electron chi connectivity index (χ1n) is 4.49. The number of hydrogen-bond donors (Lipinski definition) is 0. The molecule has 68 valence electrons. The van der Waals surface area contributed by atoms with Crippen LogP contribution >= 0.6 is 0 Å². The fraction of sp³-hybridized carbons (Fsp3) is 0.364. The van der Waals surface area contributed by atoms with Crippen LogP contribution in [0.5, 0.6) is 0 Å². The van der Waals surface area contributed by atoms with E-state index in [-0.39, 0.29) is 12.1 Å². The van der Waals surface area contributed by atoms with Gasteiger partial charge in [0.25, 0.3) is 0 Å². The van der Waals surface area contributed by atoms with Gasteiger partial charge in [0.1, 0.15) is 6.10 Å². The lowest BCUT2D eigenvalue weighted by molar-refractivity contribution is -0.142. The first-order chi connectivity index (χ1) is 6.27. The van der Waals surface area contributed by atoms with Crippen LogP contribution in [-0.4, -0.2) is 12.1 Å². The minimum absolute atomic E-state index is 0.125. The molecule has 2 rings (SSSR count). The van der Waals surface area contributed by atoms with Gasteiger partial charge in [-0.3, -0.25) is 4.79 Å². The van der Waals surface area contributed by atoms with Gasteiger partial charge >= 0.3 is 5.97 Å². The number of rotatable bonds is 2. The van der Waals surface area contributed by atoms with Crippen molar-refractivity contribution >= 4 is 5.97 Å². The van der Waals surface area contributed by atoms with Crippen molar-refractivity contribution in [2.45, 2.75) is 25.4 Å². The van der Waals surface area contributed by atoms with Crippen molar-refractivity contribution in [1.29, 1.82) is 0 Å². The summed E-state index contributed by atoms with van der Waals surface area (Å²) in [4.78, 5) is 10.6. The lowest BCUT2D eigenvalue weighted by atomic mass is 10.1. The van der Waals surface area contributed by atoms with Crippen LogP contribution < -0.4 is 0 Å². The Morgan fingerprint density at radius 2 is 2.08 bits per heavy atom. The van der Waals surface area contributed by atoms with Gasteiger partial charge in [-0.15, -0.1) is 0 Å². The molecule has 2 heteroatoms. The average molecular weight is 176 g/mol. The van der Waals surface area contributed by atoms with Gasteiger partial charge in [-0.05, 0) is 12.0 Å². The summed E-state index contributed by atoms with van der Waals surface area (Å²) in [6.45, 7) is 1.46. The highest BCUT2D eigenvalue weighted by Gasteiger charge is 2.41. The normalized spacial score (nSPS) is 25.3. The average Bonchev–Trinajstić information content (AvgIpc) is 2.84. The van der Waals surface area contributed by atoms with E-state index < -0.39 is 0 Å². The summed E-state index contributed by atoms with van der Waals surface area (Å²) in [6.07, 6.45) is 1.10. The van der Waals surface area contributed by atoms with Crippen molar-refractivity contribution in [1.82, 2.24) is 0 Å². The molecule has 0 amide bonds. The molecule has 2 unspecified atom stereocenters. The quantitative estimate of drug-likeness (QED) is 0.645. The van der Waals surface area contributed by atoms with Crippen LogP contribution in [0.4, 0.5) is 0 Å². The van der Waals surface area contributed by atoms with Crippen LogP contribution in [0.2, 0.25) is 0 Å². The summed E-state index contributed by atoms with van der Waals surface area (Å²) >= 11 is 0. The van der Waals surface area contributed by atoms with Crippen LogP contribution in [0, 0.1) is 0 Å². The Morgan fingerprint density at radius 3 is 2.69 bits per heavy atom. The largest absolute Gasteiger partial charge is 0.462 e. The van der Waals surface area contributed by atoms with Gasteiger partial charge in [0.2, 0.25) is 0 Å². The van der Waals surface area contributed by atoms with E-state index in [1.165, 1.54) is 12.5 Å². The molecular weight excluding hydrogens is 164 g/mol. The second-order valence-electron chi connectivity index (χ2n) is 3.40. The Balaban J connectivity index is 1.97. The van der Waals surface area contributed by atoms with E-state index in [4.69, 9.17) is 4.74 Å². The zero-order valence-electron chi connectivity index (χ0n) is 7.57. The van der Waals surface area contributed by atoms with E-state index in [0.717, 1.165) is 6.42 Å². The maximum absolute atomic E-state index is 10.6. The van der Waals surface area contributed by atoms with Gasteiger partial charge in [0.15, 0.2) is 0 Å². The molecule has 2 atom stereocenters. The Bertz CT molecular complexity index is 305. The van der Waals surface area contributed by atoms with Gasteiger partial charge in [-0.1, -0.05) is 30.3 Å². The molecule has 0 heterocycles. The summed E-state index contributed by atoms with van der Waals surface area (Å²) in [5, 5.41) is 0. The molecule has 0 saturated heterocycles. The molecule has 2 nitrogen and oxygen atoms in total. The Kier molecular flexibility index (Phi) is 2.05. The third-order valence-electron chi connectivity index (χ3n) is 2.28. The third-order valence-corrected chi connectivity index (χ3v) is 2.28. The van der Waals surface area contributed by atoms with E-state index in [1.807, 2.05) is 18.2 Å². The molecule has 0 N–H and O–H groups in total. The zero-order chi connectivity index (χ0) is 9.26. The second-order valence-corrected chi connectivity index (χ2v) is 3.40. The molecule has 0 aromatic heterocycles. The van der Waals surface area contributed by atoms with Crippen LogP contribution in [0.15, 0.2) is 30.3 Å². The van der Waals surface area contributed by atoms with Crippen LogP contribution in [-0.2, 0) is 9.53 Å². The van der Waals surface area contributed by atoms with Gasteiger partial charge < -0.3 is 4.74 Å². The number of esters is 1. The third kappa shape index (κ3) is 1.89. The summed E-state index contributed by atoms with van der Waals surface area (Å²) in [7, 11) is 0. The number of carbonyl (C=O) groups excluding carboxylic acids is 1. The van der Waals surface area contributed by atoms with E-state index in [1.54, 1.807) is 0 Å². The van der Waals surface area contributed by atoms with E-state index in [2.05, 4.69) is 12.1 Å². The standard InChI is InChI=1S/C11H12O2/c1-8(12)13-11-7-10(11)9-5-3-2-4-6-9/h2-6,10-11H,7H2,1H3. The first kappa shape index (κ1) is 8.30.